The Balaban J connectivity index is 1.58. The molecule has 1 atom stereocenters. The lowest BCUT2D eigenvalue weighted by molar-refractivity contribution is 0.0933. The van der Waals surface area contributed by atoms with Gasteiger partial charge in [0.25, 0.3) is 5.91 Å². The maximum atomic E-state index is 13.8. The molecular weight excluding hydrogens is 497 g/mol. The highest BCUT2D eigenvalue weighted by Crippen LogP contribution is 2.27. The molecule has 1 amide bonds. The van der Waals surface area contributed by atoms with Crippen LogP contribution in [0.25, 0.3) is 10.9 Å². The van der Waals surface area contributed by atoms with Gasteiger partial charge in [0, 0.05) is 47.4 Å². The number of fused-ring (bicyclic) bond motifs is 1. The van der Waals surface area contributed by atoms with Gasteiger partial charge < -0.3 is 20.4 Å². The molecule has 3 aromatic carbocycles. The summed E-state index contributed by atoms with van der Waals surface area (Å²) in [5, 5.41) is 8.11. The van der Waals surface area contributed by atoms with Crippen molar-refractivity contribution >= 4 is 45.8 Å². The molecule has 4 aromatic rings. The Morgan fingerprint density at radius 2 is 1.78 bits per heavy atom. The third-order valence-electron chi connectivity index (χ3n) is 5.97. The van der Waals surface area contributed by atoms with Crippen LogP contribution in [-0.4, -0.2) is 43.5 Å². The van der Waals surface area contributed by atoms with E-state index in [1.165, 1.54) is 0 Å². The van der Waals surface area contributed by atoms with Crippen molar-refractivity contribution in [2.75, 3.05) is 26.8 Å². The number of ether oxygens (including phenoxy) is 1. The first kappa shape index (κ1) is 25.9. The number of halogens is 2. The van der Waals surface area contributed by atoms with Crippen LogP contribution in [0.5, 0.6) is 0 Å². The van der Waals surface area contributed by atoms with E-state index in [1.54, 1.807) is 37.6 Å². The van der Waals surface area contributed by atoms with E-state index >= 15 is 0 Å². The van der Waals surface area contributed by atoms with Crippen LogP contribution in [-0.2, 0) is 11.2 Å². The summed E-state index contributed by atoms with van der Waals surface area (Å²) in [5.41, 5.74) is 3.42. The molecule has 0 aliphatic heterocycles. The van der Waals surface area contributed by atoms with Crippen molar-refractivity contribution in [1.29, 1.82) is 0 Å². The summed E-state index contributed by atoms with van der Waals surface area (Å²) in [4.78, 5) is 29.7. The first-order chi connectivity index (χ1) is 17.5. The quantitative estimate of drug-likeness (QED) is 0.176. The molecule has 1 heterocycles. The number of nitrogens with one attached hydrogen (secondary N) is 3. The maximum Gasteiger partial charge on any atom is 0.253 e. The van der Waals surface area contributed by atoms with Crippen LogP contribution in [0.3, 0.4) is 0 Å². The fraction of sp³-hybridized carbons (Fsp3) is 0.214. The number of methoxy groups -OCH3 is 1. The highest BCUT2D eigenvalue weighted by Gasteiger charge is 2.25. The number of para-hydroxylation sites is 1. The number of aromatic nitrogens is 1. The number of aromatic amines is 1. The van der Waals surface area contributed by atoms with E-state index < -0.39 is 6.04 Å². The number of rotatable bonds is 11. The smallest absolute Gasteiger partial charge is 0.253 e. The van der Waals surface area contributed by atoms with Crippen LogP contribution >= 0.6 is 23.2 Å². The van der Waals surface area contributed by atoms with Gasteiger partial charge in [-0.3, -0.25) is 9.59 Å². The lowest BCUT2D eigenvalue weighted by Gasteiger charge is -2.18. The molecule has 6 nitrogen and oxygen atoms in total. The zero-order valence-electron chi connectivity index (χ0n) is 19.8. The van der Waals surface area contributed by atoms with Crippen LogP contribution in [0.1, 0.15) is 37.9 Å². The van der Waals surface area contributed by atoms with Gasteiger partial charge in [0.15, 0.2) is 5.78 Å². The number of H-pyrrole nitrogens is 1. The van der Waals surface area contributed by atoms with E-state index in [1.807, 2.05) is 42.5 Å². The summed E-state index contributed by atoms with van der Waals surface area (Å²) in [6, 6.07) is 19.8. The molecule has 3 N–H and O–H groups in total. The number of hydrogen-bond acceptors (Lipinski definition) is 4. The molecule has 186 valence electrons. The Labute approximate surface area is 219 Å². The lowest BCUT2D eigenvalue weighted by Crippen LogP contribution is -2.30. The van der Waals surface area contributed by atoms with Crippen molar-refractivity contribution < 1.29 is 14.3 Å². The van der Waals surface area contributed by atoms with Crippen LogP contribution in [0.2, 0.25) is 10.0 Å². The molecule has 8 heteroatoms. The molecule has 4 rings (SSSR count). The number of benzene rings is 3. The van der Waals surface area contributed by atoms with Gasteiger partial charge in [-0.25, -0.2) is 0 Å². The van der Waals surface area contributed by atoms with Gasteiger partial charge in [0.2, 0.25) is 0 Å². The van der Waals surface area contributed by atoms with Gasteiger partial charge in [-0.15, -0.1) is 0 Å². The second-order valence-electron chi connectivity index (χ2n) is 8.33. The minimum Gasteiger partial charge on any atom is -0.383 e. The van der Waals surface area contributed by atoms with Crippen LogP contribution in [0.15, 0.2) is 72.9 Å². The highest BCUT2D eigenvalue weighted by atomic mass is 35.5. The Morgan fingerprint density at radius 1 is 0.972 bits per heavy atom. The number of carbonyl (C=O) groups is 2. The van der Waals surface area contributed by atoms with E-state index in [-0.39, 0.29) is 11.7 Å². The second kappa shape index (κ2) is 12.2. The third-order valence-corrected chi connectivity index (χ3v) is 6.56. The normalized spacial score (nSPS) is 12.0. The van der Waals surface area contributed by atoms with Gasteiger partial charge in [-0.2, -0.15) is 0 Å². The Kier molecular flexibility index (Phi) is 8.78. The summed E-state index contributed by atoms with van der Waals surface area (Å²) in [7, 11) is 1.58. The van der Waals surface area contributed by atoms with Gasteiger partial charge in [0.1, 0.15) is 0 Å². The fourth-order valence-corrected chi connectivity index (χ4v) is 4.65. The first-order valence-electron chi connectivity index (χ1n) is 11.6. The molecule has 1 unspecified atom stereocenters. The van der Waals surface area contributed by atoms with Crippen molar-refractivity contribution in [1.82, 2.24) is 15.6 Å². The van der Waals surface area contributed by atoms with Crippen molar-refractivity contribution in [2.24, 2.45) is 0 Å². The van der Waals surface area contributed by atoms with Crippen molar-refractivity contribution in [3.05, 3.63) is 105 Å². The average Bonchev–Trinajstić information content (AvgIpc) is 3.32. The van der Waals surface area contributed by atoms with Gasteiger partial charge >= 0.3 is 0 Å². The summed E-state index contributed by atoms with van der Waals surface area (Å²) in [5.74, 6) is -0.317. The van der Waals surface area contributed by atoms with Crippen LogP contribution in [0.4, 0.5) is 0 Å². The topological polar surface area (TPSA) is 83.2 Å². The number of Topliss-reactive ketones (excluding diaryl/α,β-unsaturated/α-hetero) is 1. The Hall–Kier alpha value is -3.16. The number of amides is 1. The van der Waals surface area contributed by atoms with E-state index in [2.05, 4.69) is 15.6 Å². The summed E-state index contributed by atoms with van der Waals surface area (Å²) in [6.45, 7) is 1.35. The molecule has 0 saturated heterocycles. The monoisotopic (exact) mass is 523 g/mol. The highest BCUT2D eigenvalue weighted by molar-refractivity contribution is 6.35. The summed E-state index contributed by atoms with van der Waals surface area (Å²) in [6.07, 6.45) is 2.30. The molecule has 0 saturated carbocycles. The number of carbonyl (C=O) groups excluding carboxylic acids is 2. The zero-order chi connectivity index (χ0) is 25.5. The zero-order valence-corrected chi connectivity index (χ0v) is 21.3. The van der Waals surface area contributed by atoms with E-state index in [9.17, 15) is 9.59 Å². The molecule has 36 heavy (non-hydrogen) atoms. The Morgan fingerprint density at radius 3 is 2.53 bits per heavy atom. The molecule has 0 spiro atoms. The van der Waals surface area contributed by atoms with E-state index in [0.29, 0.717) is 58.2 Å². The SMILES string of the molecule is COCCNC(=O)c1cccc2c(C(=O)C(NCCc3ccc(Cl)cc3Cl)c3ccccc3)c[nH]c12. The molecule has 0 fully saturated rings. The first-order valence-corrected chi connectivity index (χ1v) is 12.4. The third kappa shape index (κ3) is 5.97. The van der Waals surface area contributed by atoms with Crippen molar-refractivity contribution in [3.8, 4) is 0 Å². The minimum absolute atomic E-state index is 0.0911. The van der Waals surface area contributed by atoms with Crippen LogP contribution < -0.4 is 10.6 Å². The average molecular weight is 524 g/mol. The molecule has 0 bridgehead atoms. The van der Waals surface area contributed by atoms with E-state index in [0.717, 1.165) is 11.1 Å². The van der Waals surface area contributed by atoms with Gasteiger partial charge in [-0.05, 0) is 35.7 Å². The molecule has 0 aliphatic carbocycles. The van der Waals surface area contributed by atoms with E-state index in [4.69, 9.17) is 27.9 Å². The molecule has 1 aromatic heterocycles. The minimum atomic E-state index is -0.574. The molecule has 0 aliphatic rings. The fourth-order valence-electron chi connectivity index (χ4n) is 4.15. The van der Waals surface area contributed by atoms with Crippen LogP contribution in [0, 0.1) is 0 Å². The Bertz CT molecular complexity index is 1350. The standard InChI is InChI=1S/C28H27Cl2N3O3/c1-36-15-14-32-28(35)22-9-5-8-21-23(17-33-26(21)22)27(34)25(19-6-3-2-4-7-19)31-13-12-18-10-11-20(29)16-24(18)30/h2-11,16-17,25,31,33H,12-15H2,1H3,(H,32,35). The number of ketones is 1. The second-order valence-corrected chi connectivity index (χ2v) is 9.17. The lowest BCUT2D eigenvalue weighted by atomic mass is 9.96. The maximum absolute atomic E-state index is 13.8. The molecular formula is C28H27Cl2N3O3. The number of hydrogen-bond donors (Lipinski definition) is 3. The van der Waals surface area contributed by atoms with Crippen molar-refractivity contribution in [3.63, 3.8) is 0 Å². The van der Waals surface area contributed by atoms with Gasteiger partial charge in [-0.1, -0.05) is 71.7 Å². The summed E-state index contributed by atoms with van der Waals surface area (Å²) < 4.78 is 5.00. The predicted molar refractivity (Wildman–Crippen MR) is 144 cm³/mol. The van der Waals surface area contributed by atoms with Crippen molar-refractivity contribution in [2.45, 2.75) is 12.5 Å². The van der Waals surface area contributed by atoms with Gasteiger partial charge in [0.05, 0.1) is 23.7 Å². The summed E-state index contributed by atoms with van der Waals surface area (Å²) >= 11 is 12.3. The predicted octanol–water partition coefficient (Wildman–Crippen LogP) is 5.61. The largest absolute Gasteiger partial charge is 0.383 e. The molecule has 0 radical (unpaired) electrons.